The van der Waals surface area contributed by atoms with Gasteiger partial charge in [0.1, 0.15) is 12.1 Å². The second-order valence-corrected chi connectivity index (χ2v) is 15.1. The van der Waals surface area contributed by atoms with Gasteiger partial charge in [0.25, 0.3) is 5.91 Å². The predicted octanol–water partition coefficient (Wildman–Crippen LogP) is 5.37. The van der Waals surface area contributed by atoms with Gasteiger partial charge in [0.15, 0.2) is 0 Å². The van der Waals surface area contributed by atoms with Crippen molar-refractivity contribution >= 4 is 80.6 Å². The van der Waals surface area contributed by atoms with Gasteiger partial charge in [-0.25, -0.2) is 15.2 Å². The number of rotatable bonds is 8. The van der Waals surface area contributed by atoms with Crippen LogP contribution in [0.5, 0.6) is 0 Å². The Hall–Kier alpha value is -3.32. The zero-order valence-corrected chi connectivity index (χ0v) is 36.1. The van der Waals surface area contributed by atoms with Gasteiger partial charge >= 0.3 is 12.0 Å². The van der Waals surface area contributed by atoms with Gasteiger partial charge in [-0.2, -0.15) is 40.5 Å². The Morgan fingerprint density at radius 1 is 1.18 bits per heavy atom. The standard InChI is InChI=1S/C38H49N7O6S.3H2S/c1-7-44-31-13-12-24-18-26(31)27(34(44)25-10-8-14-39-33(25)23(2)50-6)20-38(3,4)22-51-36(47)28-11-9-16-45(43-28)35(46)29(19-32-41-30(24)21-52-32)42-37(48)40-15-17-49-5;;;/h8,10,12-14,18,21,23,28-29,43H,7,9,11,15-17,19-20,22H2,1-6H3,(H2,40,42,48);3*1H2/t23-,28-,29-;;;/m0.../s1. The van der Waals surface area contributed by atoms with Gasteiger partial charge in [-0.05, 0) is 62.9 Å². The normalized spacial score (nSPS) is 18.8. The second kappa shape index (κ2) is 20.2. The van der Waals surface area contributed by atoms with E-state index in [1.165, 1.54) is 16.3 Å². The molecule has 2 aliphatic rings. The van der Waals surface area contributed by atoms with E-state index in [2.05, 4.69) is 65.7 Å². The SMILES string of the molecule is CCn1c(-c2cccnc2[C@H](C)OC)c2c3cc(ccc31)-c1csc(n1)C[C@H](NC(=O)NCCOC)C(=O)N1CCC[C@H](N1)C(=O)OCC(C)(C)C2.S.S.S. The Morgan fingerprint density at radius 2 is 1.96 bits per heavy atom. The molecule has 13 nitrogen and oxygen atoms in total. The van der Waals surface area contributed by atoms with Gasteiger partial charge in [-0.15, -0.1) is 11.3 Å². The molecule has 0 unspecified atom stereocenters. The number of hydrogen-bond donors (Lipinski definition) is 3. The maximum absolute atomic E-state index is 14.0. The average Bonchev–Trinajstić information content (AvgIpc) is 3.74. The van der Waals surface area contributed by atoms with Crippen molar-refractivity contribution in [2.75, 3.05) is 40.5 Å². The van der Waals surface area contributed by atoms with Gasteiger partial charge in [-0.3, -0.25) is 19.6 Å². The van der Waals surface area contributed by atoms with Crippen molar-refractivity contribution < 1.29 is 28.6 Å². The number of amides is 3. The van der Waals surface area contributed by atoms with Crippen LogP contribution in [0.2, 0.25) is 0 Å². The highest BCUT2D eigenvalue weighted by atomic mass is 32.1. The van der Waals surface area contributed by atoms with Crippen LogP contribution in [0, 0.1) is 5.41 Å². The molecule has 6 rings (SSSR count). The summed E-state index contributed by atoms with van der Waals surface area (Å²) in [6.45, 7) is 10.3. The minimum atomic E-state index is -0.931. The number of carbonyl (C=O) groups is 3. The van der Waals surface area contributed by atoms with E-state index in [0.29, 0.717) is 37.4 Å². The first-order chi connectivity index (χ1) is 25.0. The topological polar surface area (TPSA) is 149 Å². The van der Waals surface area contributed by atoms with E-state index in [1.807, 2.05) is 18.4 Å². The van der Waals surface area contributed by atoms with Gasteiger partial charge in [0.05, 0.1) is 41.4 Å². The summed E-state index contributed by atoms with van der Waals surface area (Å²) >= 11 is 1.44. The smallest absolute Gasteiger partial charge is 0.324 e. The number of carbonyl (C=O) groups excluding carboxylic acids is 3. The number of fused-ring (bicyclic) bond motifs is 6. The highest BCUT2D eigenvalue weighted by molar-refractivity contribution is 7.59. The number of aryl methyl sites for hydroxylation is 1. The first kappa shape index (κ1) is 46.1. The highest BCUT2D eigenvalue weighted by Crippen LogP contribution is 2.42. The molecule has 3 N–H and O–H groups in total. The van der Waals surface area contributed by atoms with E-state index >= 15 is 0 Å². The molecule has 0 aliphatic carbocycles. The van der Waals surface area contributed by atoms with Crippen LogP contribution < -0.4 is 16.1 Å². The number of ether oxygens (including phenoxy) is 3. The number of nitrogens with zero attached hydrogens (tertiary/aromatic N) is 4. The molecule has 17 heteroatoms. The number of aromatic nitrogens is 3. The minimum Gasteiger partial charge on any atom is -0.464 e. The van der Waals surface area contributed by atoms with Crippen molar-refractivity contribution in [2.45, 2.75) is 78.1 Å². The Kier molecular flexibility index (Phi) is 16.9. The molecule has 1 aromatic carbocycles. The number of hydrogen-bond acceptors (Lipinski definition) is 10. The lowest BCUT2D eigenvalue weighted by Gasteiger charge is -2.35. The number of hydrazine groups is 1. The lowest BCUT2D eigenvalue weighted by atomic mass is 9.84. The number of esters is 1. The molecule has 5 heterocycles. The summed E-state index contributed by atoms with van der Waals surface area (Å²) in [4.78, 5) is 50.2. The summed E-state index contributed by atoms with van der Waals surface area (Å²) in [5.74, 6) is -0.769. The second-order valence-electron chi connectivity index (χ2n) is 14.2. The Balaban J connectivity index is 0.00000271. The van der Waals surface area contributed by atoms with Crippen molar-refractivity contribution in [2.24, 2.45) is 5.41 Å². The number of nitrogens with one attached hydrogen (secondary N) is 3. The predicted molar refractivity (Wildman–Crippen MR) is 231 cm³/mol. The third kappa shape index (κ3) is 10.4. The van der Waals surface area contributed by atoms with E-state index in [1.54, 1.807) is 20.4 Å². The molecule has 6 bridgehead atoms. The maximum Gasteiger partial charge on any atom is 0.324 e. The summed E-state index contributed by atoms with van der Waals surface area (Å²) < 4.78 is 19.2. The lowest BCUT2D eigenvalue weighted by molar-refractivity contribution is -0.155. The van der Waals surface area contributed by atoms with Crippen molar-refractivity contribution in [3.8, 4) is 22.5 Å². The summed E-state index contributed by atoms with van der Waals surface area (Å²) in [6, 6.07) is 8.34. The summed E-state index contributed by atoms with van der Waals surface area (Å²) in [6.07, 6.45) is 3.48. The molecule has 0 saturated carbocycles. The monoisotopic (exact) mass is 833 g/mol. The molecular weight excluding hydrogens is 779 g/mol. The Bertz CT molecular complexity index is 1940. The molecule has 2 aliphatic heterocycles. The van der Waals surface area contributed by atoms with Crippen molar-refractivity contribution in [3.63, 3.8) is 0 Å². The third-order valence-electron chi connectivity index (χ3n) is 9.74. The molecule has 3 atom stereocenters. The van der Waals surface area contributed by atoms with Gasteiger partial charge in [0.2, 0.25) is 0 Å². The van der Waals surface area contributed by atoms with Crippen molar-refractivity contribution in [1.29, 1.82) is 0 Å². The zero-order valence-electron chi connectivity index (χ0n) is 32.3. The van der Waals surface area contributed by atoms with E-state index in [9.17, 15) is 14.4 Å². The molecule has 55 heavy (non-hydrogen) atoms. The summed E-state index contributed by atoms with van der Waals surface area (Å²) in [5.41, 5.74) is 9.49. The molecular formula is C38H55N7O6S4. The summed E-state index contributed by atoms with van der Waals surface area (Å²) in [5, 5.41) is 10.8. The average molecular weight is 834 g/mol. The van der Waals surface area contributed by atoms with Crippen LogP contribution in [0.4, 0.5) is 4.79 Å². The molecule has 3 aromatic heterocycles. The summed E-state index contributed by atoms with van der Waals surface area (Å²) in [7, 11) is 3.24. The quantitative estimate of drug-likeness (QED) is 0.158. The molecule has 4 aromatic rings. The zero-order chi connectivity index (χ0) is 37.0. The third-order valence-corrected chi connectivity index (χ3v) is 10.6. The van der Waals surface area contributed by atoms with Crippen LogP contribution in [0.1, 0.15) is 62.9 Å². The van der Waals surface area contributed by atoms with E-state index < -0.39 is 29.5 Å². The first-order valence-corrected chi connectivity index (χ1v) is 18.8. The maximum atomic E-state index is 14.0. The van der Waals surface area contributed by atoms with Crippen molar-refractivity contribution in [3.05, 3.63) is 58.2 Å². The van der Waals surface area contributed by atoms with Gasteiger partial charge < -0.3 is 29.4 Å². The molecule has 302 valence electrons. The number of thiazole rings is 1. The fraction of sp³-hybridized carbons (Fsp3) is 0.500. The molecule has 0 spiro atoms. The molecule has 0 radical (unpaired) electrons. The van der Waals surface area contributed by atoms with Crippen LogP contribution >= 0.6 is 51.8 Å². The highest BCUT2D eigenvalue weighted by Gasteiger charge is 2.35. The number of methoxy groups -OCH3 is 2. The number of benzene rings is 1. The Morgan fingerprint density at radius 3 is 2.69 bits per heavy atom. The van der Waals surface area contributed by atoms with Gasteiger partial charge in [-0.1, -0.05) is 19.9 Å². The number of cyclic esters (lactones) is 1. The van der Waals surface area contributed by atoms with Crippen LogP contribution in [-0.4, -0.2) is 90.1 Å². The van der Waals surface area contributed by atoms with Crippen LogP contribution in [0.15, 0.2) is 41.9 Å². The lowest BCUT2D eigenvalue weighted by Crippen LogP contribution is -2.61. The van der Waals surface area contributed by atoms with E-state index in [0.717, 1.165) is 51.2 Å². The van der Waals surface area contributed by atoms with Crippen LogP contribution in [0.3, 0.4) is 0 Å². The van der Waals surface area contributed by atoms with Crippen LogP contribution in [-0.2, 0) is 43.2 Å². The van der Waals surface area contributed by atoms with E-state index in [-0.39, 0.29) is 72.1 Å². The minimum absolute atomic E-state index is 0. The number of pyridine rings is 1. The van der Waals surface area contributed by atoms with Gasteiger partial charge in [0, 0.05) is 79.3 Å². The molecule has 1 fully saturated rings. The van der Waals surface area contributed by atoms with Crippen molar-refractivity contribution in [1.82, 2.24) is 35.6 Å². The Labute approximate surface area is 348 Å². The molecule has 3 amide bonds. The number of urea groups is 1. The van der Waals surface area contributed by atoms with Crippen LogP contribution in [0.25, 0.3) is 33.4 Å². The molecule has 1 saturated heterocycles. The largest absolute Gasteiger partial charge is 0.464 e. The fourth-order valence-electron chi connectivity index (χ4n) is 7.04. The first-order valence-electron chi connectivity index (χ1n) is 17.9. The fourth-order valence-corrected chi connectivity index (χ4v) is 7.89. The van der Waals surface area contributed by atoms with E-state index in [4.69, 9.17) is 24.2 Å².